The van der Waals surface area contributed by atoms with Crippen LogP contribution in [0.4, 0.5) is 0 Å². The predicted octanol–water partition coefficient (Wildman–Crippen LogP) is 4.90. The van der Waals surface area contributed by atoms with Crippen LogP contribution in [0.25, 0.3) is 0 Å². The fourth-order valence-electron chi connectivity index (χ4n) is 2.30. The van der Waals surface area contributed by atoms with Gasteiger partial charge in [0, 0.05) is 0 Å². The van der Waals surface area contributed by atoms with Crippen molar-refractivity contribution < 1.29 is 18.5 Å². The van der Waals surface area contributed by atoms with Gasteiger partial charge in [-0.25, -0.2) is 4.57 Å². The summed E-state index contributed by atoms with van der Waals surface area (Å²) in [4.78, 5) is 9.45. The van der Waals surface area contributed by atoms with Gasteiger partial charge in [0.15, 0.2) is 0 Å². The van der Waals surface area contributed by atoms with E-state index in [1.165, 1.54) is 30.4 Å². The second-order valence-electron chi connectivity index (χ2n) is 5.46. The van der Waals surface area contributed by atoms with E-state index in [4.69, 9.17) is 9.05 Å². The number of hydrogen-bond donors (Lipinski definition) is 1. The van der Waals surface area contributed by atoms with E-state index in [0.717, 1.165) is 12.8 Å². The van der Waals surface area contributed by atoms with Crippen LogP contribution < -0.4 is 0 Å². The van der Waals surface area contributed by atoms with Crippen molar-refractivity contribution in [2.45, 2.75) is 58.8 Å². The first kappa shape index (κ1) is 19.4. The summed E-state index contributed by atoms with van der Waals surface area (Å²) in [7, 11) is -3.86. The molecule has 1 N–H and O–H groups in total. The highest BCUT2D eigenvalue weighted by Crippen LogP contribution is 2.43. The van der Waals surface area contributed by atoms with Gasteiger partial charge in [0.1, 0.15) is 0 Å². The lowest BCUT2D eigenvalue weighted by Gasteiger charge is -2.12. The number of unbranched alkanes of at least 4 members (excludes halogenated alkanes) is 2. The summed E-state index contributed by atoms with van der Waals surface area (Å²) >= 11 is 0. The Morgan fingerprint density at radius 3 is 2.09 bits per heavy atom. The average Bonchev–Trinajstić information content (AvgIpc) is 2.51. The standard InChI is InChI=1S/C17H29O4P/c1-3-5-6-10-16-11-7-8-12-17(16)13-9-15-21-22(18,19)20-14-4-2/h7-8,11-12H,3-6,9-10,13-15H2,1-2H3,(H,18,19). The first-order chi connectivity index (χ1) is 10.6. The van der Waals surface area contributed by atoms with E-state index in [0.29, 0.717) is 12.8 Å². The molecule has 0 aliphatic rings. The predicted molar refractivity (Wildman–Crippen MR) is 90.0 cm³/mol. The van der Waals surface area contributed by atoms with Crippen LogP contribution in [0.15, 0.2) is 24.3 Å². The molecule has 22 heavy (non-hydrogen) atoms. The lowest BCUT2D eigenvalue weighted by atomic mass is 9.98. The Kier molecular flexibility index (Phi) is 9.65. The van der Waals surface area contributed by atoms with E-state index < -0.39 is 7.82 Å². The lowest BCUT2D eigenvalue weighted by Crippen LogP contribution is -2.01. The van der Waals surface area contributed by atoms with Crippen molar-refractivity contribution in [2.75, 3.05) is 13.2 Å². The molecule has 4 nitrogen and oxygen atoms in total. The van der Waals surface area contributed by atoms with Crippen molar-refractivity contribution in [1.82, 2.24) is 0 Å². The molecule has 1 aromatic carbocycles. The molecule has 1 atom stereocenters. The summed E-state index contributed by atoms with van der Waals surface area (Å²) in [6.45, 7) is 4.57. The van der Waals surface area contributed by atoms with Crippen LogP contribution >= 0.6 is 7.82 Å². The molecule has 0 aliphatic heterocycles. The maximum Gasteiger partial charge on any atom is 0.472 e. The van der Waals surface area contributed by atoms with Gasteiger partial charge in [0.05, 0.1) is 13.2 Å². The third-order valence-corrected chi connectivity index (χ3v) is 4.49. The van der Waals surface area contributed by atoms with Crippen molar-refractivity contribution >= 4 is 7.82 Å². The molecule has 5 heteroatoms. The first-order valence-electron chi connectivity index (χ1n) is 8.27. The normalized spacial score (nSPS) is 14.0. The first-order valence-corrected chi connectivity index (χ1v) is 9.77. The molecule has 0 heterocycles. The lowest BCUT2D eigenvalue weighted by molar-refractivity contribution is 0.148. The molecule has 0 saturated heterocycles. The second kappa shape index (κ2) is 11.0. The van der Waals surface area contributed by atoms with Gasteiger partial charge in [0.25, 0.3) is 0 Å². The highest BCUT2D eigenvalue weighted by Gasteiger charge is 2.19. The minimum Gasteiger partial charge on any atom is -0.302 e. The Morgan fingerprint density at radius 1 is 0.909 bits per heavy atom. The van der Waals surface area contributed by atoms with Crippen LogP contribution in [0, 0.1) is 0 Å². The van der Waals surface area contributed by atoms with Gasteiger partial charge in [-0.15, -0.1) is 0 Å². The van der Waals surface area contributed by atoms with Gasteiger partial charge in [-0.1, -0.05) is 51.0 Å². The van der Waals surface area contributed by atoms with Crippen LogP contribution in [0.5, 0.6) is 0 Å². The van der Waals surface area contributed by atoms with Gasteiger partial charge < -0.3 is 4.89 Å². The molecule has 0 amide bonds. The maximum absolute atomic E-state index is 11.5. The highest BCUT2D eigenvalue weighted by atomic mass is 31.2. The molecule has 1 aromatic rings. The monoisotopic (exact) mass is 328 g/mol. The zero-order valence-corrected chi connectivity index (χ0v) is 14.7. The fourth-order valence-corrected chi connectivity index (χ4v) is 3.14. The SMILES string of the molecule is CCCCCc1ccccc1CCCOP(=O)(O)OCCC. The number of rotatable bonds is 12. The Labute approximate surface area is 134 Å². The van der Waals surface area contributed by atoms with Crippen LogP contribution in [-0.4, -0.2) is 18.1 Å². The third-order valence-electron chi connectivity index (χ3n) is 3.47. The molecule has 0 spiro atoms. The topological polar surface area (TPSA) is 55.8 Å². The number of phosphoric ester groups is 1. The zero-order chi connectivity index (χ0) is 16.3. The van der Waals surface area contributed by atoms with Gasteiger partial charge in [0.2, 0.25) is 0 Å². The largest absolute Gasteiger partial charge is 0.472 e. The molecule has 126 valence electrons. The van der Waals surface area contributed by atoms with Gasteiger partial charge in [-0.2, -0.15) is 0 Å². The van der Waals surface area contributed by atoms with Gasteiger partial charge in [-0.05, 0) is 43.2 Å². The number of benzene rings is 1. The fraction of sp³-hybridized carbons (Fsp3) is 0.647. The summed E-state index contributed by atoms with van der Waals surface area (Å²) in [6, 6.07) is 8.42. The van der Waals surface area contributed by atoms with Gasteiger partial charge in [-0.3, -0.25) is 9.05 Å². The number of hydrogen-bond acceptors (Lipinski definition) is 3. The van der Waals surface area contributed by atoms with E-state index >= 15 is 0 Å². The number of aryl methyl sites for hydroxylation is 2. The van der Waals surface area contributed by atoms with E-state index in [2.05, 4.69) is 25.1 Å². The van der Waals surface area contributed by atoms with E-state index in [1.54, 1.807) is 0 Å². The van der Waals surface area contributed by atoms with Crippen molar-refractivity contribution in [3.05, 3.63) is 35.4 Å². The third kappa shape index (κ3) is 8.09. The number of phosphoric acid groups is 1. The van der Waals surface area contributed by atoms with Crippen molar-refractivity contribution in [3.63, 3.8) is 0 Å². The van der Waals surface area contributed by atoms with Crippen molar-refractivity contribution in [1.29, 1.82) is 0 Å². The molecule has 0 fully saturated rings. The second-order valence-corrected chi connectivity index (χ2v) is 6.92. The minimum atomic E-state index is -3.86. The maximum atomic E-state index is 11.5. The molecule has 0 bridgehead atoms. The summed E-state index contributed by atoms with van der Waals surface area (Å²) in [6.07, 6.45) is 7.04. The Balaban J connectivity index is 2.36. The Hall–Kier alpha value is -0.670. The Morgan fingerprint density at radius 2 is 1.50 bits per heavy atom. The molecular formula is C17H29O4P. The molecule has 0 saturated carbocycles. The zero-order valence-electron chi connectivity index (χ0n) is 13.8. The average molecular weight is 328 g/mol. The highest BCUT2D eigenvalue weighted by molar-refractivity contribution is 7.47. The Bertz CT molecular complexity index is 462. The summed E-state index contributed by atoms with van der Waals surface area (Å²) in [5.74, 6) is 0. The molecule has 0 aliphatic carbocycles. The van der Waals surface area contributed by atoms with Crippen molar-refractivity contribution in [3.8, 4) is 0 Å². The van der Waals surface area contributed by atoms with Crippen LogP contribution in [0.2, 0.25) is 0 Å². The van der Waals surface area contributed by atoms with Crippen LogP contribution in [-0.2, 0) is 26.5 Å². The van der Waals surface area contributed by atoms with E-state index in [1.807, 2.05) is 13.0 Å². The molecular weight excluding hydrogens is 299 g/mol. The molecule has 0 radical (unpaired) electrons. The van der Waals surface area contributed by atoms with Crippen molar-refractivity contribution in [2.24, 2.45) is 0 Å². The molecule has 1 rings (SSSR count). The van der Waals surface area contributed by atoms with E-state index in [9.17, 15) is 9.46 Å². The van der Waals surface area contributed by atoms with Crippen LogP contribution in [0.1, 0.15) is 57.1 Å². The van der Waals surface area contributed by atoms with E-state index in [-0.39, 0.29) is 13.2 Å². The molecule has 0 aromatic heterocycles. The smallest absolute Gasteiger partial charge is 0.302 e. The summed E-state index contributed by atoms with van der Waals surface area (Å²) in [5, 5.41) is 0. The summed E-state index contributed by atoms with van der Waals surface area (Å²) in [5.41, 5.74) is 2.69. The summed E-state index contributed by atoms with van der Waals surface area (Å²) < 4.78 is 21.3. The minimum absolute atomic E-state index is 0.237. The van der Waals surface area contributed by atoms with Crippen LogP contribution in [0.3, 0.4) is 0 Å². The molecule has 1 unspecified atom stereocenters. The quantitative estimate of drug-likeness (QED) is 0.438. The van der Waals surface area contributed by atoms with Gasteiger partial charge >= 0.3 is 7.82 Å².